The molecule has 61 heavy (non-hydrogen) atoms. The van der Waals surface area contributed by atoms with Crippen LogP contribution in [0.4, 0.5) is 5.69 Å². The summed E-state index contributed by atoms with van der Waals surface area (Å²) in [5.41, 5.74) is 12.3. The molecule has 2 aromatic heterocycles. The molecule has 0 aliphatic heterocycles. The van der Waals surface area contributed by atoms with Crippen molar-refractivity contribution in [3.63, 3.8) is 0 Å². The van der Waals surface area contributed by atoms with Gasteiger partial charge in [0.2, 0.25) is 5.89 Å². The van der Waals surface area contributed by atoms with Crippen LogP contribution in [0, 0.1) is 0 Å². The van der Waals surface area contributed by atoms with Crippen molar-refractivity contribution in [2.24, 2.45) is 4.99 Å². The second-order valence-corrected chi connectivity index (χ2v) is 16.7. The van der Waals surface area contributed by atoms with Crippen LogP contribution in [0.1, 0.15) is 31.9 Å². The Bertz CT molecular complexity index is 3530. The molecule has 0 spiro atoms. The SMILES string of the molecule is CC(C)(C)c1ccc(O)c(C=Nc2ccccc2-c2nc3c(-c4cccc5c4oc4ccccc45)cc(-c4ccc(-c5cc6ccccc6c6ccccc56)cc4)cc3o2)c1. The Labute approximate surface area is 352 Å². The number of rotatable bonds is 6. The molecular weight excluding hydrogens is 749 g/mol. The Morgan fingerprint density at radius 2 is 1.20 bits per heavy atom. The highest BCUT2D eigenvalue weighted by molar-refractivity contribution is 6.14. The maximum Gasteiger partial charge on any atom is 0.229 e. The fourth-order valence-corrected chi connectivity index (χ4v) is 8.64. The number of fused-ring (bicyclic) bond motifs is 7. The van der Waals surface area contributed by atoms with Gasteiger partial charge < -0.3 is 13.9 Å². The van der Waals surface area contributed by atoms with E-state index in [2.05, 4.69) is 136 Å². The lowest BCUT2D eigenvalue weighted by Gasteiger charge is -2.19. The van der Waals surface area contributed by atoms with E-state index < -0.39 is 0 Å². The molecule has 0 aliphatic carbocycles. The fourth-order valence-electron chi connectivity index (χ4n) is 8.64. The first kappa shape index (κ1) is 36.3. The van der Waals surface area contributed by atoms with E-state index in [-0.39, 0.29) is 11.2 Å². The molecule has 292 valence electrons. The number of aromatic hydroxyl groups is 1. The first-order chi connectivity index (χ1) is 29.8. The number of hydrogen-bond acceptors (Lipinski definition) is 5. The molecule has 11 aromatic rings. The van der Waals surface area contributed by atoms with Crippen LogP contribution >= 0.6 is 0 Å². The number of oxazole rings is 1. The van der Waals surface area contributed by atoms with E-state index in [1.807, 2.05) is 54.6 Å². The van der Waals surface area contributed by atoms with E-state index >= 15 is 0 Å². The second kappa shape index (κ2) is 14.2. The van der Waals surface area contributed by atoms with E-state index in [4.69, 9.17) is 18.8 Å². The number of nitrogens with zero attached hydrogens (tertiary/aromatic N) is 2. The molecular formula is C56H40N2O3. The van der Waals surface area contributed by atoms with E-state index in [0.717, 1.165) is 66.4 Å². The van der Waals surface area contributed by atoms with Gasteiger partial charge >= 0.3 is 0 Å². The van der Waals surface area contributed by atoms with Gasteiger partial charge in [-0.2, -0.15) is 0 Å². The summed E-state index contributed by atoms with van der Waals surface area (Å²) >= 11 is 0. The highest BCUT2D eigenvalue weighted by Gasteiger charge is 2.21. The fraction of sp³-hybridized carbons (Fsp3) is 0.0714. The number of aliphatic imine (C=N–C) groups is 1. The largest absolute Gasteiger partial charge is 0.507 e. The van der Waals surface area contributed by atoms with Crippen LogP contribution in [0.25, 0.3) is 99.4 Å². The lowest BCUT2D eigenvalue weighted by Crippen LogP contribution is -2.11. The first-order valence-corrected chi connectivity index (χ1v) is 20.6. The van der Waals surface area contributed by atoms with Crippen molar-refractivity contribution in [1.82, 2.24) is 4.98 Å². The molecule has 0 atom stereocenters. The van der Waals surface area contributed by atoms with Gasteiger partial charge in [0.1, 0.15) is 22.4 Å². The Morgan fingerprint density at radius 1 is 0.508 bits per heavy atom. The summed E-state index contributed by atoms with van der Waals surface area (Å²) < 4.78 is 13.3. The van der Waals surface area contributed by atoms with Crippen LogP contribution in [-0.2, 0) is 5.41 Å². The standard InChI is InChI=1S/C56H40N2O3/c1-56(2,3)39-27-28-50(59)38(29-39)33-57-49-21-10-8-18-46(49)55-58-53-48(45-20-12-19-44-43-17-9-11-22-51(43)60-54(44)45)31-37(32-52(53)61-55)34-23-25-35(26-24-34)47-30-36-13-4-5-14-40(36)41-15-6-7-16-42(41)47/h4-33,59H,1-3H3. The van der Waals surface area contributed by atoms with E-state index in [9.17, 15) is 5.11 Å². The zero-order valence-electron chi connectivity index (χ0n) is 34.0. The Balaban J connectivity index is 1.06. The van der Waals surface area contributed by atoms with Gasteiger partial charge in [-0.3, -0.25) is 4.99 Å². The minimum atomic E-state index is -0.0796. The molecule has 0 bridgehead atoms. The Kier molecular flexibility index (Phi) is 8.46. The third-order valence-electron chi connectivity index (χ3n) is 11.9. The predicted molar refractivity (Wildman–Crippen MR) is 252 cm³/mol. The van der Waals surface area contributed by atoms with Crippen molar-refractivity contribution in [3.8, 4) is 50.6 Å². The summed E-state index contributed by atoms with van der Waals surface area (Å²) in [4.78, 5) is 10.1. The third kappa shape index (κ3) is 6.34. The third-order valence-corrected chi connectivity index (χ3v) is 11.9. The lowest BCUT2D eigenvalue weighted by molar-refractivity contribution is 0.473. The first-order valence-electron chi connectivity index (χ1n) is 20.6. The van der Waals surface area contributed by atoms with Crippen LogP contribution in [0.5, 0.6) is 5.75 Å². The summed E-state index contributed by atoms with van der Waals surface area (Å²) in [5, 5.41) is 17.8. The number of benzene rings is 9. The molecule has 0 radical (unpaired) electrons. The number of phenols is 1. The van der Waals surface area contributed by atoms with E-state index in [1.54, 1.807) is 12.3 Å². The molecule has 0 saturated heterocycles. The van der Waals surface area contributed by atoms with E-state index in [1.165, 1.54) is 27.1 Å². The second-order valence-electron chi connectivity index (χ2n) is 16.7. The maximum atomic E-state index is 10.8. The average molecular weight is 789 g/mol. The molecule has 0 amide bonds. The maximum absolute atomic E-state index is 10.8. The molecule has 5 nitrogen and oxygen atoms in total. The smallest absolute Gasteiger partial charge is 0.229 e. The molecule has 11 rings (SSSR count). The summed E-state index contributed by atoms with van der Waals surface area (Å²) in [6.45, 7) is 6.46. The van der Waals surface area contributed by atoms with Crippen molar-refractivity contribution in [3.05, 3.63) is 187 Å². The highest BCUT2D eigenvalue weighted by Crippen LogP contribution is 2.43. The molecule has 0 fully saturated rings. The lowest BCUT2D eigenvalue weighted by atomic mass is 9.86. The molecule has 9 aromatic carbocycles. The van der Waals surface area contributed by atoms with Gasteiger partial charge in [0, 0.05) is 33.7 Å². The topological polar surface area (TPSA) is 71.8 Å². The van der Waals surface area contributed by atoms with E-state index in [0.29, 0.717) is 22.7 Å². The minimum Gasteiger partial charge on any atom is -0.507 e. The average Bonchev–Trinajstić information content (AvgIpc) is 3.90. The number of phenolic OH excluding ortho intramolecular Hbond substituents is 1. The number of aromatic nitrogens is 1. The van der Waals surface area contributed by atoms with Crippen molar-refractivity contribution < 1.29 is 13.9 Å². The van der Waals surface area contributed by atoms with Crippen LogP contribution in [-0.4, -0.2) is 16.3 Å². The molecule has 0 aliphatic rings. The molecule has 5 heteroatoms. The van der Waals surface area contributed by atoms with Crippen LogP contribution in [0.15, 0.2) is 190 Å². The predicted octanol–water partition coefficient (Wildman–Crippen LogP) is 15.5. The van der Waals surface area contributed by atoms with Crippen molar-refractivity contribution in [1.29, 1.82) is 0 Å². The van der Waals surface area contributed by atoms with Crippen molar-refractivity contribution in [2.75, 3.05) is 0 Å². The Morgan fingerprint density at radius 3 is 2.03 bits per heavy atom. The van der Waals surface area contributed by atoms with Gasteiger partial charge in [-0.05, 0) is 103 Å². The number of hydrogen-bond donors (Lipinski definition) is 1. The normalized spacial score (nSPS) is 12.2. The summed E-state index contributed by atoms with van der Waals surface area (Å²) in [6, 6.07) is 60.6. The van der Waals surface area contributed by atoms with Crippen LogP contribution < -0.4 is 0 Å². The molecule has 1 N–H and O–H groups in total. The van der Waals surface area contributed by atoms with Crippen LogP contribution in [0.2, 0.25) is 0 Å². The quantitative estimate of drug-likeness (QED) is 0.135. The van der Waals surface area contributed by atoms with Crippen LogP contribution in [0.3, 0.4) is 0 Å². The highest BCUT2D eigenvalue weighted by atomic mass is 16.3. The number of furan rings is 1. The van der Waals surface area contributed by atoms with Gasteiger partial charge in [0.05, 0.1) is 11.3 Å². The van der Waals surface area contributed by atoms with Crippen molar-refractivity contribution >= 4 is 66.5 Å². The zero-order chi connectivity index (χ0) is 41.2. The van der Waals surface area contributed by atoms with Gasteiger partial charge in [-0.15, -0.1) is 0 Å². The van der Waals surface area contributed by atoms with Gasteiger partial charge in [-0.25, -0.2) is 4.98 Å². The number of para-hydroxylation sites is 3. The molecule has 0 unspecified atom stereocenters. The summed E-state index contributed by atoms with van der Waals surface area (Å²) in [7, 11) is 0. The zero-order valence-corrected chi connectivity index (χ0v) is 34.0. The molecule has 0 saturated carbocycles. The van der Waals surface area contributed by atoms with Gasteiger partial charge in [0.25, 0.3) is 0 Å². The van der Waals surface area contributed by atoms with Crippen molar-refractivity contribution in [2.45, 2.75) is 26.2 Å². The summed E-state index contributed by atoms with van der Waals surface area (Å²) in [6.07, 6.45) is 1.71. The molecule has 2 heterocycles. The Hall–Kier alpha value is -7.76. The van der Waals surface area contributed by atoms with Gasteiger partial charge in [-0.1, -0.05) is 148 Å². The summed E-state index contributed by atoms with van der Waals surface area (Å²) in [5.74, 6) is 0.621. The van der Waals surface area contributed by atoms with Gasteiger partial charge in [0.15, 0.2) is 5.58 Å². The minimum absolute atomic E-state index is 0.0796. The monoisotopic (exact) mass is 788 g/mol.